The molecule has 3 aromatic rings. The van der Waals surface area contributed by atoms with Gasteiger partial charge in [-0.05, 0) is 12.1 Å². The first-order valence-electron chi connectivity index (χ1n) is 5.87. The molecule has 1 N–H and O–H groups in total. The van der Waals surface area contributed by atoms with Crippen LogP contribution in [0.3, 0.4) is 0 Å². The molecule has 0 radical (unpaired) electrons. The van der Waals surface area contributed by atoms with Crippen molar-refractivity contribution >= 4 is 0 Å². The standard InChI is InChI=1S/C13H12N4O3/c1-17-7-14-6-9(17)12-15-13(20-16-12)8-4-3-5-10(19-2)11(8)18/h3-7,18H,1-2H3. The highest BCUT2D eigenvalue weighted by atomic mass is 16.5. The Labute approximate surface area is 114 Å². The van der Waals surface area contributed by atoms with Gasteiger partial charge < -0.3 is 18.9 Å². The zero-order chi connectivity index (χ0) is 14.1. The summed E-state index contributed by atoms with van der Waals surface area (Å²) in [5, 5.41) is 14.0. The zero-order valence-corrected chi connectivity index (χ0v) is 10.9. The lowest BCUT2D eigenvalue weighted by Gasteiger charge is -2.04. The third kappa shape index (κ3) is 1.89. The fourth-order valence-corrected chi connectivity index (χ4v) is 1.87. The molecule has 3 rings (SSSR count). The van der Waals surface area contributed by atoms with Gasteiger partial charge in [0.15, 0.2) is 11.5 Å². The number of rotatable bonds is 3. The van der Waals surface area contributed by atoms with Gasteiger partial charge >= 0.3 is 0 Å². The normalized spacial score (nSPS) is 10.7. The Hall–Kier alpha value is -2.83. The molecule has 102 valence electrons. The summed E-state index contributed by atoms with van der Waals surface area (Å²) in [6, 6.07) is 5.07. The maximum Gasteiger partial charge on any atom is 0.262 e. The maximum atomic E-state index is 10.1. The molecular weight excluding hydrogens is 260 g/mol. The summed E-state index contributed by atoms with van der Waals surface area (Å²) in [6.07, 6.45) is 3.29. The molecule has 0 aliphatic carbocycles. The van der Waals surface area contributed by atoms with Gasteiger partial charge in [-0.2, -0.15) is 4.98 Å². The molecular formula is C13H12N4O3. The van der Waals surface area contributed by atoms with Gasteiger partial charge in [-0.1, -0.05) is 11.2 Å². The molecule has 0 amide bonds. The minimum Gasteiger partial charge on any atom is -0.504 e. The number of hydrogen-bond acceptors (Lipinski definition) is 6. The second-order valence-corrected chi connectivity index (χ2v) is 4.17. The molecule has 0 saturated heterocycles. The van der Waals surface area contributed by atoms with Gasteiger partial charge in [-0.3, -0.25) is 0 Å². The average Bonchev–Trinajstić information content (AvgIpc) is 3.07. The highest BCUT2D eigenvalue weighted by Crippen LogP contribution is 2.36. The van der Waals surface area contributed by atoms with E-state index in [1.54, 1.807) is 35.3 Å². The van der Waals surface area contributed by atoms with Crippen molar-refractivity contribution < 1.29 is 14.4 Å². The molecule has 1 aromatic carbocycles. The molecule has 7 nitrogen and oxygen atoms in total. The molecule has 0 aliphatic rings. The van der Waals surface area contributed by atoms with Crippen LogP contribution in [0.2, 0.25) is 0 Å². The first-order chi connectivity index (χ1) is 9.70. The average molecular weight is 272 g/mol. The van der Waals surface area contributed by atoms with Crippen LogP contribution in [0, 0.1) is 0 Å². The first kappa shape index (κ1) is 12.2. The van der Waals surface area contributed by atoms with Gasteiger partial charge in [0.25, 0.3) is 5.89 Å². The minimum atomic E-state index is -0.0322. The number of ether oxygens (including phenoxy) is 1. The number of benzene rings is 1. The van der Waals surface area contributed by atoms with Crippen molar-refractivity contribution in [3.8, 4) is 34.5 Å². The number of imidazole rings is 1. The van der Waals surface area contributed by atoms with Crippen molar-refractivity contribution in [3.63, 3.8) is 0 Å². The van der Waals surface area contributed by atoms with Crippen molar-refractivity contribution in [2.75, 3.05) is 7.11 Å². The molecule has 0 saturated carbocycles. The van der Waals surface area contributed by atoms with E-state index in [9.17, 15) is 5.11 Å². The topological polar surface area (TPSA) is 86.2 Å². The summed E-state index contributed by atoms with van der Waals surface area (Å²) in [5.41, 5.74) is 1.15. The summed E-state index contributed by atoms with van der Waals surface area (Å²) in [6.45, 7) is 0. The SMILES string of the molecule is COc1cccc(-c2nc(-c3cncn3C)no2)c1O. The predicted octanol–water partition coefficient (Wildman–Crippen LogP) is 1.85. The van der Waals surface area contributed by atoms with E-state index in [0.29, 0.717) is 17.1 Å². The van der Waals surface area contributed by atoms with Crippen molar-refractivity contribution in [1.29, 1.82) is 0 Å². The highest BCUT2D eigenvalue weighted by Gasteiger charge is 2.17. The fourth-order valence-electron chi connectivity index (χ4n) is 1.87. The smallest absolute Gasteiger partial charge is 0.262 e. The van der Waals surface area contributed by atoms with Crippen molar-refractivity contribution in [1.82, 2.24) is 19.7 Å². The van der Waals surface area contributed by atoms with Crippen LogP contribution in [0.15, 0.2) is 35.2 Å². The van der Waals surface area contributed by atoms with Crippen molar-refractivity contribution in [2.45, 2.75) is 0 Å². The number of hydrogen-bond donors (Lipinski definition) is 1. The molecule has 2 heterocycles. The molecule has 0 spiro atoms. The number of aromatic hydroxyl groups is 1. The van der Waals surface area contributed by atoms with Crippen molar-refractivity contribution in [2.24, 2.45) is 7.05 Å². The summed E-state index contributed by atoms with van der Waals surface area (Å²) in [7, 11) is 3.31. The third-order valence-corrected chi connectivity index (χ3v) is 2.92. The first-order valence-corrected chi connectivity index (χ1v) is 5.87. The number of para-hydroxylation sites is 1. The Kier molecular flexibility index (Phi) is 2.86. The van der Waals surface area contributed by atoms with E-state index in [1.165, 1.54) is 7.11 Å². The maximum absolute atomic E-state index is 10.1. The lowest BCUT2D eigenvalue weighted by molar-refractivity contribution is 0.371. The second kappa shape index (κ2) is 4.69. The molecule has 7 heteroatoms. The summed E-state index contributed by atoms with van der Waals surface area (Å²) >= 11 is 0. The van der Waals surface area contributed by atoms with E-state index >= 15 is 0 Å². The van der Waals surface area contributed by atoms with Crippen LogP contribution in [0.1, 0.15) is 0 Å². The monoisotopic (exact) mass is 272 g/mol. The minimum absolute atomic E-state index is 0.0322. The molecule has 2 aromatic heterocycles. The second-order valence-electron chi connectivity index (χ2n) is 4.17. The number of nitrogens with zero attached hydrogens (tertiary/aromatic N) is 4. The predicted molar refractivity (Wildman–Crippen MR) is 70.2 cm³/mol. The largest absolute Gasteiger partial charge is 0.504 e. The van der Waals surface area contributed by atoms with Gasteiger partial charge in [0.05, 0.1) is 25.2 Å². The van der Waals surface area contributed by atoms with Gasteiger partial charge in [0.1, 0.15) is 5.69 Å². The van der Waals surface area contributed by atoms with Gasteiger partial charge in [-0.25, -0.2) is 4.98 Å². The number of phenolic OH excluding ortho intramolecular Hbond substituents is 1. The molecule has 20 heavy (non-hydrogen) atoms. The molecule has 0 aliphatic heterocycles. The molecule has 0 fully saturated rings. The summed E-state index contributed by atoms with van der Waals surface area (Å²) in [5.74, 6) is 0.942. The van der Waals surface area contributed by atoms with E-state index in [1.807, 2.05) is 7.05 Å². The third-order valence-electron chi connectivity index (χ3n) is 2.92. The van der Waals surface area contributed by atoms with E-state index in [0.717, 1.165) is 5.69 Å². The number of aromatic nitrogens is 4. The lowest BCUT2D eigenvalue weighted by atomic mass is 10.2. The summed E-state index contributed by atoms with van der Waals surface area (Å²) < 4.78 is 12.0. The number of aryl methyl sites for hydroxylation is 1. The highest BCUT2D eigenvalue weighted by molar-refractivity contribution is 5.68. The molecule has 0 bridgehead atoms. The quantitative estimate of drug-likeness (QED) is 0.783. The van der Waals surface area contributed by atoms with E-state index in [2.05, 4.69) is 15.1 Å². The van der Waals surface area contributed by atoms with Gasteiger partial charge in [0.2, 0.25) is 5.82 Å². The van der Waals surface area contributed by atoms with Crippen LogP contribution in [-0.2, 0) is 7.05 Å². The van der Waals surface area contributed by atoms with Gasteiger partial charge in [-0.15, -0.1) is 0 Å². The fraction of sp³-hybridized carbons (Fsp3) is 0.154. The van der Waals surface area contributed by atoms with Crippen LogP contribution < -0.4 is 4.74 Å². The van der Waals surface area contributed by atoms with E-state index in [-0.39, 0.29) is 11.6 Å². The molecule has 0 atom stereocenters. The number of phenols is 1. The summed E-state index contributed by atoms with van der Waals surface area (Å²) in [4.78, 5) is 8.26. The molecule has 0 unspecified atom stereocenters. The van der Waals surface area contributed by atoms with Crippen LogP contribution in [-0.4, -0.2) is 31.9 Å². The Bertz CT molecular complexity index is 748. The Morgan fingerprint density at radius 2 is 2.20 bits per heavy atom. The zero-order valence-electron chi connectivity index (χ0n) is 10.9. The lowest BCUT2D eigenvalue weighted by Crippen LogP contribution is -1.91. The van der Waals surface area contributed by atoms with Crippen molar-refractivity contribution in [3.05, 3.63) is 30.7 Å². The van der Waals surface area contributed by atoms with Gasteiger partial charge in [0, 0.05) is 7.05 Å². The van der Waals surface area contributed by atoms with E-state index < -0.39 is 0 Å². The Morgan fingerprint density at radius 1 is 1.35 bits per heavy atom. The van der Waals surface area contributed by atoms with Crippen LogP contribution in [0.5, 0.6) is 11.5 Å². The Morgan fingerprint density at radius 3 is 2.90 bits per heavy atom. The van der Waals surface area contributed by atoms with Crippen LogP contribution in [0.4, 0.5) is 0 Å². The van der Waals surface area contributed by atoms with Crippen LogP contribution in [0.25, 0.3) is 23.0 Å². The van der Waals surface area contributed by atoms with Crippen LogP contribution >= 0.6 is 0 Å². The Balaban J connectivity index is 2.05. The number of methoxy groups -OCH3 is 1. The van der Waals surface area contributed by atoms with E-state index in [4.69, 9.17) is 9.26 Å².